The van der Waals surface area contributed by atoms with Crippen molar-refractivity contribution in [2.45, 2.75) is 71.1 Å². The lowest BCUT2D eigenvalue weighted by Gasteiger charge is -2.09. The van der Waals surface area contributed by atoms with Crippen LogP contribution in [0.4, 0.5) is 0 Å². The summed E-state index contributed by atoms with van der Waals surface area (Å²) >= 11 is 0. The molecule has 1 aromatic carbocycles. The number of nitrogens with zero attached hydrogens (tertiary/aromatic N) is 2. The van der Waals surface area contributed by atoms with Gasteiger partial charge in [-0.25, -0.2) is 14.8 Å². The van der Waals surface area contributed by atoms with Gasteiger partial charge in [0.25, 0.3) is 0 Å². The molecule has 4 nitrogen and oxygen atoms in total. The Bertz CT molecular complexity index is 711. The smallest absolute Gasteiger partial charge is 0.338 e. The third-order valence-electron chi connectivity index (χ3n) is 4.82. The molecule has 0 bridgehead atoms. The third kappa shape index (κ3) is 8.03. The fourth-order valence-corrected chi connectivity index (χ4v) is 3.14. The second-order valence-corrected chi connectivity index (χ2v) is 7.10. The Hall–Kier alpha value is -2.49. The molecule has 1 atom stereocenters. The van der Waals surface area contributed by atoms with E-state index in [9.17, 15) is 4.79 Å². The van der Waals surface area contributed by atoms with Crippen LogP contribution < -0.4 is 4.74 Å². The van der Waals surface area contributed by atoms with Gasteiger partial charge in [-0.05, 0) is 30.4 Å². The maximum Gasteiger partial charge on any atom is 0.338 e. The molecule has 0 aliphatic rings. The van der Waals surface area contributed by atoms with Crippen LogP contribution in [-0.4, -0.2) is 15.9 Å². The number of carbonyl (C=O) groups is 1. The van der Waals surface area contributed by atoms with E-state index in [-0.39, 0.29) is 11.9 Å². The minimum absolute atomic E-state index is 0.106. The fraction of sp³-hybridized carbons (Fsp3) is 0.458. The predicted octanol–water partition coefficient (Wildman–Crippen LogP) is 6.04. The summed E-state index contributed by atoms with van der Waals surface area (Å²) in [6.45, 7) is 4.33. The average Bonchev–Trinajstić information content (AvgIpc) is 2.73. The van der Waals surface area contributed by atoms with Gasteiger partial charge in [-0.2, -0.15) is 0 Å². The zero-order valence-electron chi connectivity index (χ0n) is 17.1. The van der Waals surface area contributed by atoms with Crippen LogP contribution in [0, 0.1) is 0 Å². The number of carbonyl (C=O) groups excluding carboxylic acids is 1. The number of hydrogen-bond donors (Lipinski definition) is 0. The molecule has 0 aliphatic heterocycles. The van der Waals surface area contributed by atoms with Crippen LogP contribution in [0.5, 0.6) is 6.01 Å². The van der Waals surface area contributed by atoms with Crippen molar-refractivity contribution in [2.24, 2.45) is 0 Å². The Morgan fingerprint density at radius 1 is 1.00 bits per heavy atom. The van der Waals surface area contributed by atoms with E-state index in [1.165, 1.54) is 43.7 Å². The molecule has 2 aromatic rings. The van der Waals surface area contributed by atoms with Crippen LogP contribution in [0.1, 0.15) is 75.8 Å². The molecule has 4 heteroatoms. The van der Waals surface area contributed by atoms with Gasteiger partial charge in [0.15, 0.2) is 0 Å². The number of unbranched alkanes of at least 4 members (excludes halogenated alkanes) is 5. The second kappa shape index (κ2) is 12.8. The SMILES string of the molecule is CCCCCCCCc1cnc(OC(=O)/C=C/C(CC)c2ccccc2)nc1. The lowest BCUT2D eigenvalue weighted by Crippen LogP contribution is -2.07. The van der Waals surface area contributed by atoms with Crippen LogP contribution in [0.15, 0.2) is 54.9 Å². The highest BCUT2D eigenvalue weighted by atomic mass is 16.5. The van der Waals surface area contributed by atoms with Crippen LogP contribution in [0.25, 0.3) is 0 Å². The van der Waals surface area contributed by atoms with Crippen molar-refractivity contribution in [1.29, 1.82) is 0 Å². The third-order valence-corrected chi connectivity index (χ3v) is 4.82. The Kier molecular flexibility index (Phi) is 9.98. The highest BCUT2D eigenvalue weighted by molar-refractivity contribution is 5.83. The van der Waals surface area contributed by atoms with Gasteiger partial charge in [0.2, 0.25) is 0 Å². The van der Waals surface area contributed by atoms with Gasteiger partial charge < -0.3 is 4.74 Å². The maximum atomic E-state index is 12.1. The summed E-state index contributed by atoms with van der Waals surface area (Å²) in [6.07, 6.45) is 16.3. The molecule has 0 saturated heterocycles. The molecular formula is C24H32N2O2. The molecular weight excluding hydrogens is 348 g/mol. The summed E-state index contributed by atoms with van der Waals surface area (Å²) in [7, 11) is 0. The molecule has 28 heavy (non-hydrogen) atoms. The number of aromatic nitrogens is 2. The van der Waals surface area contributed by atoms with Gasteiger partial charge in [0.1, 0.15) is 0 Å². The molecule has 2 rings (SSSR count). The van der Waals surface area contributed by atoms with E-state index in [2.05, 4.69) is 35.9 Å². The van der Waals surface area contributed by atoms with E-state index in [1.54, 1.807) is 12.4 Å². The molecule has 1 unspecified atom stereocenters. The van der Waals surface area contributed by atoms with Crippen molar-refractivity contribution in [3.05, 3.63) is 66.0 Å². The first-order valence-electron chi connectivity index (χ1n) is 10.5. The first-order chi connectivity index (χ1) is 13.7. The molecule has 0 radical (unpaired) electrons. The molecule has 0 aliphatic carbocycles. The largest absolute Gasteiger partial charge is 0.388 e. The van der Waals surface area contributed by atoms with Crippen LogP contribution in [-0.2, 0) is 11.2 Å². The Morgan fingerprint density at radius 2 is 1.68 bits per heavy atom. The molecule has 0 N–H and O–H groups in total. The fourth-order valence-electron chi connectivity index (χ4n) is 3.14. The first kappa shape index (κ1) is 21.8. The summed E-state index contributed by atoms with van der Waals surface area (Å²) in [6, 6.07) is 10.2. The van der Waals surface area contributed by atoms with Gasteiger partial charge in [0, 0.05) is 24.4 Å². The first-order valence-corrected chi connectivity index (χ1v) is 10.5. The van der Waals surface area contributed by atoms with Crippen LogP contribution >= 0.6 is 0 Å². The highest BCUT2D eigenvalue weighted by Crippen LogP contribution is 2.20. The Balaban J connectivity index is 1.77. The van der Waals surface area contributed by atoms with Crippen molar-refractivity contribution in [2.75, 3.05) is 0 Å². The zero-order chi connectivity index (χ0) is 20.0. The van der Waals surface area contributed by atoms with Crippen molar-refractivity contribution in [1.82, 2.24) is 9.97 Å². The van der Waals surface area contributed by atoms with E-state index >= 15 is 0 Å². The normalized spacial score (nSPS) is 12.2. The lowest BCUT2D eigenvalue weighted by atomic mass is 9.96. The summed E-state index contributed by atoms with van der Waals surface area (Å²) < 4.78 is 5.22. The summed E-state index contributed by atoms with van der Waals surface area (Å²) in [5.74, 6) is -0.257. The molecule has 0 fully saturated rings. The summed E-state index contributed by atoms with van der Waals surface area (Å²) in [5, 5.41) is 0. The average molecular weight is 381 g/mol. The van der Waals surface area contributed by atoms with Crippen molar-refractivity contribution < 1.29 is 9.53 Å². The van der Waals surface area contributed by atoms with Gasteiger partial charge in [0.05, 0.1) is 0 Å². The molecule has 1 heterocycles. The number of benzene rings is 1. The quantitative estimate of drug-likeness (QED) is 0.256. The predicted molar refractivity (Wildman–Crippen MR) is 113 cm³/mol. The van der Waals surface area contributed by atoms with Crippen LogP contribution in [0.2, 0.25) is 0 Å². The summed E-state index contributed by atoms with van der Waals surface area (Å²) in [4.78, 5) is 20.4. The Labute approximate surface area is 169 Å². The van der Waals surface area contributed by atoms with Gasteiger partial charge in [-0.1, -0.05) is 82.4 Å². The molecule has 150 valence electrons. The summed E-state index contributed by atoms with van der Waals surface area (Å²) in [5.41, 5.74) is 2.27. The number of esters is 1. The van der Waals surface area contributed by atoms with Crippen LogP contribution in [0.3, 0.4) is 0 Å². The topological polar surface area (TPSA) is 52.1 Å². The number of ether oxygens (including phenoxy) is 1. The zero-order valence-corrected chi connectivity index (χ0v) is 17.1. The van der Waals surface area contributed by atoms with Gasteiger partial charge in [-0.3, -0.25) is 0 Å². The molecule has 0 amide bonds. The lowest BCUT2D eigenvalue weighted by molar-refractivity contribution is -0.129. The van der Waals surface area contributed by atoms with E-state index in [0.717, 1.165) is 24.8 Å². The van der Waals surface area contributed by atoms with Gasteiger partial charge in [-0.15, -0.1) is 0 Å². The number of hydrogen-bond acceptors (Lipinski definition) is 4. The Morgan fingerprint density at radius 3 is 2.36 bits per heavy atom. The maximum absolute atomic E-state index is 12.1. The van der Waals surface area contributed by atoms with E-state index in [1.807, 2.05) is 24.3 Å². The monoisotopic (exact) mass is 380 g/mol. The van der Waals surface area contributed by atoms with Crippen molar-refractivity contribution >= 4 is 5.97 Å². The minimum Gasteiger partial charge on any atom is -0.388 e. The molecule has 0 spiro atoms. The standard InChI is InChI=1S/C24H32N2O2/c1-3-5-6-7-8-10-13-20-18-25-24(26-19-20)28-23(27)17-16-21(4-2)22-14-11-9-12-15-22/h9,11-12,14-19,21H,3-8,10,13H2,1-2H3/b17-16+. The number of allylic oxidation sites excluding steroid dienone is 1. The molecule has 1 aromatic heterocycles. The number of aryl methyl sites for hydroxylation is 1. The van der Waals surface area contributed by atoms with E-state index in [0.29, 0.717) is 0 Å². The minimum atomic E-state index is -0.446. The molecule has 0 saturated carbocycles. The number of rotatable bonds is 12. The van der Waals surface area contributed by atoms with Crippen molar-refractivity contribution in [3.63, 3.8) is 0 Å². The van der Waals surface area contributed by atoms with Gasteiger partial charge >= 0.3 is 12.0 Å². The highest BCUT2D eigenvalue weighted by Gasteiger charge is 2.08. The second-order valence-electron chi connectivity index (χ2n) is 7.10. The van der Waals surface area contributed by atoms with E-state index in [4.69, 9.17) is 4.74 Å². The van der Waals surface area contributed by atoms with Crippen molar-refractivity contribution in [3.8, 4) is 6.01 Å². The van der Waals surface area contributed by atoms with E-state index < -0.39 is 5.97 Å².